The van der Waals surface area contributed by atoms with Gasteiger partial charge in [-0.15, -0.1) is 11.8 Å². The molecule has 4 nitrogen and oxygen atoms in total. The number of halogens is 1. The Morgan fingerprint density at radius 2 is 2.04 bits per heavy atom. The molecule has 0 radical (unpaired) electrons. The molecule has 7 heteroatoms. The molecule has 0 fully saturated rings. The van der Waals surface area contributed by atoms with Crippen LogP contribution in [0.5, 0.6) is 0 Å². The summed E-state index contributed by atoms with van der Waals surface area (Å²) in [6.07, 6.45) is 3.80. The summed E-state index contributed by atoms with van der Waals surface area (Å²) < 4.78 is 2.01. The topological polar surface area (TPSA) is 46.0 Å². The predicted octanol–water partition coefficient (Wildman–Crippen LogP) is 4.87. The number of H-pyrrole nitrogens is 1. The van der Waals surface area contributed by atoms with Crippen LogP contribution in [0.2, 0.25) is 5.02 Å². The van der Waals surface area contributed by atoms with Gasteiger partial charge in [-0.2, -0.15) is 14.9 Å². The molecular formula is C16H13ClN4S2. The predicted molar refractivity (Wildman–Crippen MR) is 99.1 cm³/mol. The van der Waals surface area contributed by atoms with Crippen molar-refractivity contribution in [2.45, 2.75) is 4.90 Å². The Hall–Kier alpha value is -1.89. The number of aromatic amines is 1. The zero-order valence-corrected chi connectivity index (χ0v) is 14.6. The molecule has 0 bridgehead atoms. The van der Waals surface area contributed by atoms with Gasteiger partial charge in [0.2, 0.25) is 4.77 Å². The zero-order chi connectivity index (χ0) is 16.2. The van der Waals surface area contributed by atoms with Crippen LogP contribution in [0, 0.1) is 4.77 Å². The van der Waals surface area contributed by atoms with Crippen molar-refractivity contribution in [3.8, 4) is 11.4 Å². The smallest absolute Gasteiger partial charge is 0.216 e. The first-order valence-corrected chi connectivity index (χ1v) is 8.80. The lowest BCUT2D eigenvalue weighted by molar-refractivity contribution is 0.871. The Bertz CT molecular complexity index is 897. The highest BCUT2D eigenvalue weighted by molar-refractivity contribution is 7.98. The molecule has 0 saturated heterocycles. The average molecular weight is 361 g/mol. The lowest BCUT2D eigenvalue weighted by Crippen LogP contribution is -1.95. The largest absolute Gasteiger partial charge is 0.250 e. The van der Waals surface area contributed by atoms with Gasteiger partial charge in [0.05, 0.1) is 6.21 Å². The van der Waals surface area contributed by atoms with Gasteiger partial charge in [0.15, 0.2) is 5.82 Å². The van der Waals surface area contributed by atoms with Gasteiger partial charge in [0, 0.05) is 15.5 Å². The van der Waals surface area contributed by atoms with Crippen molar-refractivity contribution in [2.24, 2.45) is 5.10 Å². The summed E-state index contributed by atoms with van der Waals surface area (Å²) in [5.41, 5.74) is 1.84. The molecule has 1 heterocycles. The van der Waals surface area contributed by atoms with Crippen LogP contribution in [0.25, 0.3) is 11.4 Å². The van der Waals surface area contributed by atoms with Gasteiger partial charge in [-0.05, 0) is 48.3 Å². The van der Waals surface area contributed by atoms with E-state index in [1.54, 1.807) is 22.7 Å². The van der Waals surface area contributed by atoms with Crippen LogP contribution in [0.3, 0.4) is 0 Å². The fourth-order valence-electron chi connectivity index (χ4n) is 2.03. The van der Waals surface area contributed by atoms with E-state index >= 15 is 0 Å². The molecule has 0 aliphatic rings. The fraction of sp³-hybridized carbons (Fsp3) is 0.0625. The summed E-state index contributed by atoms with van der Waals surface area (Å²) in [5.74, 6) is 0.620. The van der Waals surface area contributed by atoms with Crippen molar-refractivity contribution >= 4 is 41.8 Å². The van der Waals surface area contributed by atoms with Crippen molar-refractivity contribution in [3.63, 3.8) is 0 Å². The number of aromatic nitrogens is 3. The van der Waals surface area contributed by atoms with Crippen molar-refractivity contribution in [3.05, 3.63) is 63.9 Å². The summed E-state index contributed by atoms with van der Waals surface area (Å²) in [6, 6.07) is 15.5. The molecule has 0 unspecified atom stereocenters. The molecule has 1 aromatic heterocycles. The van der Waals surface area contributed by atoms with E-state index < -0.39 is 0 Å². The Balaban J connectivity index is 1.95. The molecule has 0 aliphatic heterocycles. The van der Waals surface area contributed by atoms with Crippen molar-refractivity contribution in [1.29, 1.82) is 0 Å². The zero-order valence-electron chi connectivity index (χ0n) is 12.2. The quantitative estimate of drug-likeness (QED) is 0.410. The standard InChI is InChI=1S/C16H13ClN4S2/c1-23-14-7-5-11(6-8-14)10-18-21-15(19-20-16(21)22)12-3-2-4-13(17)9-12/h2-10H,1H3,(H,20,22)/b18-10-. The van der Waals surface area contributed by atoms with Gasteiger partial charge in [0.25, 0.3) is 0 Å². The number of hydrogen-bond donors (Lipinski definition) is 1. The summed E-state index contributed by atoms with van der Waals surface area (Å²) in [7, 11) is 0. The van der Waals surface area contributed by atoms with Gasteiger partial charge in [0.1, 0.15) is 0 Å². The Kier molecular flexibility index (Phi) is 4.95. The van der Waals surface area contributed by atoms with E-state index in [-0.39, 0.29) is 0 Å². The maximum absolute atomic E-state index is 6.04. The average Bonchev–Trinajstić information content (AvgIpc) is 2.94. The molecule has 1 N–H and O–H groups in total. The molecular weight excluding hydrogens is 348 g/mol. The monoisotopic (exact) mass is 360 g/mol. The van der Waals surface area contributed by atoms with Crippen LogP contribution in [0.15, 0.2) is 58.5 Å². The summed E-state index contributed by atoms with van der Waals surface area (Å²) in [6.45, 7) is 0. The van der Waals surface area contributed by atoms with Gasteiger partial charge in [-0.3, -0.25) is 0 Å². The van der Waals surface area contributed by atoms with E-state index in [9.17, 15) is 0 Å². The third kappa shape index (κ3) is 3.72. The molecule has 0 spiro atoms. The van der Waals surface area contributed by atoms with E-state index in [1.807, 2.05) is 42.7 Å². The van der Waals surface area contributed by atoms with E-state index in [4.69, 9.17) is 23.8 Å². The molecule has 0 amide bonds. The normalized spacial score (nSPS) is 11.2. The lowest BCUT2D eigenvalue weighted by atomic mass is 10.2. The molecule has 2 aromatic carbocycles. The second-order valence-electron chi connectivity index (χ2n) is 4.69. The SMILES string of the molecule is CSc1ccc(/C=N\n2c(-c3cccc(Cl)c3)n[nH]c2=S)cc1. The maximum Gasteiger partial charge on any atom is 0.216 e. The van der Waals surface area contributed by atoms with Crippen LogP contribution in [-0.2, 0) is 0 Å². The minimum absolute atomic E-state index is 0.428. The molecule has 0 saturated carbocycles. The third-order valence-electron chi connectivity index (χ3n) is 3.17. The van der Waals surface area contributed by atoms with Gasteiger partial charge < -0.3 is 0 Å². The first kappa shape index (κ1) is 16.0. The van der Waals surface area contributed by atoms with Crippen LogP contribution in [0.1, 0.15) is 5.56 Å². The number of rotatable bonds is 4. The van der Waals surface area contributed by atoms with Crippen molar-refractivity contribution < 1.29 is 0 Å². The van der Waals surface area contributed by atoms with Crippen LogP contribution >= 0.6 is 35.6 Å². The Labute approximate surface area is 148 Å². The molecule has 23 heavy (non-hydrogen) atoms. The second kappa shape index (κ2) is 7.12. The van der Waals surface area contributed by atoms with Crippen molar-refractivity contribution in [1.82, 2.24) is 14.9 Å². The lowest BCUT2D eigenvalue weighted by Gasteiger charge is -2.02. The summed E-state index contributed by atoms with van der Waals surface area (Å²) in [4.78, 5) is 1.21. The van der Waals surface area contributed by atoms with Gasteiger partial charge in [-0.25, -0.2) is 5.10 Å². The van der Waals surface area contributed by atoms with Crippen LogP contribution in [0.4, 0.5) is 0 Å². The molecule has 0 atom stereocenters. The van der Waals surface area contributed by atoms with E-state index in [1.165, 1.54) is 4.90 Å². The highest BCUT2D eigenvalue weighted by atomic mass is 35.5. The van der Waals surface area contributed by atoms with E-state index in [0.29, 0.717) is 15.6 Å². The molecule has 3 rings (SSSR count). The van der Waals surface area contributed by atoms with Gasteiger partial charge in [-0.1, -0.05) is 35.9 Å². The minimum Gasteiger partial charge on any atom is -0.250 e. The van der Waals surface area contributed by atoms with Crippen molar-refractivity contribution in [2.75, 3.05) is 6.26 Å². The Morgan fingerprint density at radius 3 is 2.74 bits per heavy atom. The fourth-order valence-corrected chi connectivity index (χ4v) is 2.81. The second-order valence-corrected chi connectivity index (χ2v) is 6.40. The number of benzene rings is 2. The summed E-state index contributed by atoms with van der Waals surface area (Å²) in [5, 5.41) is 12.1. The molecule has 0 aliphatic carbocycles. The van der Waals surface area contributed by atoms with E-state index in [0.717, 1.165) is 11.1 Å². The molecule has 116 valence electrons. The highest BCUT2D eigenvalue weighted by Crippen LogP contribution is 2.21. The van der Waals surface area contributed by atoms with Crippen LogP contribution < -0.4 is 0 Å². The van der Waals surface area contributed by atoms with E-state index in [2.05, 4.69) is 27.4 Å². The maximum atomic E-state index is 6.04. The highest BCUT2D eigenvalue weighted by Gasteiger charge is 2.08. The first-order chi connectivity index (χ1) is 11.2. The third-order valence-corrected chi connectivity index (χ3v) is 4.41. The number of thioether (sulfide) groups is 1. The number of nitrogens with zero attached hydrogens (tertiary/aromatic N) is 3. The minimum atomic E-state index is 0.428. The Morgan fingerprint density at radius 1 is 1.26 bits per heavy atom. The van der Waals surface area contributed by atoms with Gasteiger partial charge >= 0.3 is 0 Å². The van der Waals surface area contributed by atoms with Crippen LogP contribution in [-0.4, -0.2) is 27.3 Å². The number of hydrogen-bond acceptors (Lipinski definition) is 4. The first-order valence-electron chi connectivity index (χ1n) is 6.79. The summed E-state index contributed by atoms with van der Waals surface area (Å²) >= 11 is 13.0. The molecule has 3 aromatic rings. The number of nitrogens with one attached hydrogen (secondary N) is 1.